The molecular weight excluding hydrogens is 658 g/mol. The van der Waals surface area contributed by atoms with Gasteiger partial charge in [-0.2, -0.15) is 0 Å². The minimum Gasteiger partial charge on any atom is -0.483 e. The van der Waals surface area contributed by atoms with Gasteiger partial charge in [0.2, 0.25) is 11.8 Å². The molecule has 1 aromatic heterocycles. The third-order valence-corrected chi connectivity index (χ3v) is 10.7. The van der Waals surface area contributed by atoms with E-state index < -0.39 is 34.9 Å². The van der Waals surface area contributed by atoms with E-state index in [-0.39, 0.29) is 24.0 Å². The summed E-state index contributed by atoms with van der Waals surface area (Å²) in [5.74, 6) is -2.54. The number of ether oxygens (including phenoxy) is 2. The van der Waals surface area contributed by atoms with Crippen LogP contribution in [0, 0.1) is 5.92 Å². The molecule has 3 aliphatic heterocycles. The lowest BCUT2D eigenvalue weighted by Crippen LogP contribution is -2.38. The van der Waals surface area contributed by atoms with E-state index in [1.165, 1.54) is 23.9 Å². The number of nitrogens with one attached hydrogen (secondary N) is 1. The van der Waals surface area contributed by atoms with E-state index in [4.69, 9.17) is 9.47 Å². The summed E-state index contributed by atoms with van der Waals surface area (Å²) in [5.41, 5.74) is 1.25. The summed E-state index contributed by atoms with van der Waals surface area (Å²) in [4.78, 5) is 71.7. The summed E-state index contributed by atoms with van der Waals surface area (Å²) in [7, 11) is 0. The van der Waals surface area contributed by atoms with Crippen LogP contribution in [0.25, 0.3) is 0 Å². The molecule has 13 heteroatoms. The molecule has 0 bridgehead atoms. The second-order valence-corrected chi connectivity index (χ2v) is 13.5. The number of hydrogen-bond donors (Lipinski definition) is 1. The number of halogens is 1. The number of fused-ring (bicyclic) bond motifs is 2. The lowest BCUT2D eigenvalue weighted by Gasteiger charge is -2.31. The zero-order valence-corrected chi connectivity index (χ0v) is 26.4. The smallest absolute Gasteiger partial charge is 0.338 e. The highest BCUT2D eigenvalue weighted by molar-refractivity contribution is 9.10. The minimum absolute atomic E-state index is 0.109. The van der Waals surface area contributed by atoms with Gasteiger partial charge in [0.15, 0.2) is 6.61 Å². The van der Waals surface area contributed by atoms with Gasteiger partial charge in [0.1, 0.15) is 11.0 Å². The number of carbonyl (C=O) groups excluding carboxylic acids is 4. The molecule has 6 rings (SSSR count). The van der Waals surface area contributed by atoms with Crippen LogP contribution in [0.1, 0.15) is 52.9 Å². The summed E-state index contributed by atoms with van der Waals surface area (Å²) in [6, 6.07) is 11.5. The number of likely N-dealkylation sites (tertiary alicyclic amines) is 1. The molecule has 0 spiro atoms. The van der Waals surface area contributed by atoms with E-state index in [2.05, 4.69) is 20.9 Å². The maximum absolute atomic E-state index is 14.1. The highest BCUT2D eigenvalue weighted by atomic mass is 79.9. The van der Waals surface area contributed by atoms with Crippen LogP contribution < -0.4 is 14.5 Å². The standard InChI is InChI=1S/C30H28BrN3O7S2/c1-2-40-29(38)16-6-9-18(10-7-16)34-27(36)23-22(24-26(32-30(39)43-24)42-25(23)28(34)37)19-14-17(31)8-11-20(19)41-15-21(35)33-12-4-3-5-13-33/h6-11,14,22-23,25H,2-5,12-13,15H2,1H3,(H,32,39)/t22-,23-,25+/m0/s1. The van der Waals surface area contributed by atoms with Crippen LogP contribution in [-0.4, -0.2) is 65.1 Å². The van der Waals surface area contributed by atoms with Crippen LogP contribution in [0.3, 0.4) is 0 Å². The highest BCUT2D eigenvalue weighted by Gasteiger charge is 2.57. The van der Waals surface area contributed by atoms with Crippen molar-refractivity contribution in [2.75, 3.05) is 31.2 Å². The van der Waals surface area contributed by atoms with E-state index in [1.807, 2.05) is 6.07 Å². The van der Waals surface area contributed by atoms with Crippen molar-refractivity contribution in [3.63, 3.8) is 0 Å². The first kappa shape index (κ1) is 29.6. The van der Waals surface area contributed by atoms with Crippen molar-refractivity contribution >= 4 is 68.4 Å². The first-order valence-electron chi connectivity index (χ1n) is 14.0. The van der Waals surface area contributed by atoms with Crippen molar-refractivity contribution < 1.29 is 28.7 Å². The number of aromatic amines is 1. The van der Waals surface area contributed by atoms with Gasteiger partial charge >= 0.3 is 10.8 Å². The Morgan fingerprint density at radius 2 is 1.77 bits per heavy atom. The van der Waals surface area contributed by atoms with E-state index in [9.17, 15) is 24.0 Å². The zero-order valence-electron chi connectivity index (χ0n) is 23.2. The Bertz CT molecular complexity index is 1650. The molecule has 3 aliphatic rings. The van der Waals surface area contributed by atoms with Crippen LogP contribution in [0.15, 0.2) is 56.8 Å². The van der Waals surface area contributed by atoms with Crippen molar-refractivity contribution in [2.24, 2.45) is 5.92 Å². The second-order valence-electron chi connectivity index (χ2n) is 10.4. The normalized spacial score (nSPS) is 21.4. The average Bonchev–Trinajstić information content (AvgIpc) is 3.50. The van der Waals surface area contributed by atoms with Crippen LogP contribution in [0.2, 0.25) is 0 Å². The molecule has 3 aromatic rings. The number of piperidine rings is 1. The molecule has 43 heavy (non-hydrogen) atoms. The number of H-pyrrole nitrogens is 1. The second kappa shape index (κ2) is 12.3. The Balaban J connectivity index is 1.35. The molecule has 0 radical (unpaired) electrons. The number of amides is 3. The SMILES string of the molecule is CCOC(=O)c1ccc(N2C(=O)[C@H]3[C@H](c4cc(Br)ccc4OCC(=O)N4CCCCC4)c4sc(=O)[nH]c4S[C@H]3C2=O)cc1. The summed E-state index contributed by atoms with van der Waals surface area (Å²) in [5, 5.41) is -0.265. The van der Waals surface area contributed by atoms with Crippen molar-refractivity contribution in [1.29, 1.82) is 0 Å². The topological polar surface area (TPSA) is 126 Å². The molecule has 3 amide bonds. The first-order valence-corrected chi connectivity index (χ1v) is 16.5. The fraction of sp³-hybridized carbons (Fsp3) is 0.367. The molecule has 4 heterocycles. The van der Waals surface area contributed by atoms with Crippen molar-refractivity contribution in [1.82, 2.24) is 9.88 Å². The van der Waals surface area contributed by atoms with Gasteiger partial charge in [-0.15, -0.1) is 0 Å². The van der Waals surface area contributed by atoms with Crippen LogP contribution >= 0.6 is 39.0 Å². The third-order valence-electron chi connectivity index (χ3n) is 7.83. The largest absolute Gasteiger partial charge is 0.483 e. The number of esters is 1. The average molecular weight is 687 g/mol. The molecule has 0 unspecified atom stereocenters. The Hall–Kier alpha value is -3.42. The van der Waals surface area contributed by atoms with Crippen molar-refractivity contribution in [2.45, 2.75) is 42.4 Å². The van der Waals surface area contributed by atoms with Gasteiger partial charge in [-0.1, -0.05) is 39.0 Å². The molecule has 0 aliphatic carbocycles. The monoisotopic (exact) mass is 685 g/mol. The van der Waals surface area contributed by atoms with E-state index in [0.717, 1.165) is 40.0 Å². The van der Waals surface area contributed by atoms with Crippen LogP contribution in [-0.2, 0) is 19.1 Å². The Morgan fingerprint density at radius 3 is 2.49 bits per heavy atom. The van der Waals surface area contributed by atoms with E-state index in [1.54, 1.807) is 36.1 Å². The Morgan fingerprint density at radius 1 is 1.02 bits per heavy atom. The van der Waals surface area contributed by atoms with E-state index >= 15 is 0 Å². The molecule has 2 fully saturated rings. The van der Waals surface area contributed by atoms with Gasteiger partial charge in [0, 0.05) is 33.9 Å². The molecule has 10 nitrogen and oxygen atoms in total. The highest BCUT2D eigenvalue weighted by Crippen LogP contribution is 2.54. The number of aromatic nitrogens is 1. The fourth-order valence-corrected chi connectivity index (χ4v) is 8.72. The number of thioether (sulfide) groups is 1. The molecule has 0 saturated carbocycles. The number of carbonyl (C=O) groups is 4. The molecule has 1 N–H and O–H groups in total. The number of imide groups is 1. The first-order chi connectivity index (χ1) is 20.8. The van der Waals surface area contributed by atoms with Crippen molar-refractivity contribution in [3.8, 4) is 5.75 Å². The molecule has 3 atom stereocenters. The van der Waals surface area contributed by atoms with Gasteiger partial charge in [-0.25, -0.2) is 9.69 Å². The molecule has 224 valence electrons. The lowest BCUT2D eigenvalue weighted by atomic mass is 9.82. The number of nitrogens with zero attached hydrogens (tertiary/aromatic N) is 2. The maximum atomic E-state index is 14.1. The van der Waals surface area contributed by atoms with Gasteiger partial charge in [-0.3, -0.25) is 19.2 Å². The van der Waals surface area contributed by atoms with Gasteiger partial charge in [0.05, 0.1) is 28.8 Å². The van der Waals surface area contributed by atoms with Gasteiger partial charge < -0.3 is 19.4 Å². The minimum atomic E-state index is -0.837. The predicted octanol–water partition coefficient (Wildman–Crippen LogP) is 4.56. The van der Waals surface area contributed by atoms with Crippen LogP contribution in [0.4, 0.5) is 5.69 Å². The summed E-state index contributed by atoms with van der Waals surface area (Å²) < 4.78 is 11.9. The molecule has 2 aromatic carbocycles. The number of benzene rings is 2. The third kappa shape index (κ3) is 5.65. The van der Waals surface area contributed by atoms with E-state index in [0.29, 0.717) is 45.6 Å². The fourth-order valence-electron chi connectivity index (χ4n) is 5.84. The molecular formula is C30H28BrN3O7S2. The van der Waals surface area contributed by atoms with Crippen LogP contribution in [0.5, 0.6) is 5.75 Å². The van der Waals surface area contributed by atoms with Gasteiger partial charge in [-0.05, 0) is 68.7 Å². The lowest BCUT2D eigenvalue weighted by molar-refractivity contribution is -0.134. The number of rotatable bonds is 7. The summed E-state index contributed by atoms with van der Waals surface area (Å²) >= 11 is 5.70. The summed E-state index contributed by atoms with van der Waals surface area (Å²) in [6.45, 7) is 3.18. The predicted molar refractivity (Wildman–Crippen MR) is 165 cm³/mol. The summed E-state index contributed by atoms with van der Waals surface area (Å²) in [6.07, 6.45) is 3.03. The number of anilines is 1. The maximum Gasteiger partial charge on any atom is 0.338 e. The Kier molecular flexibility index (Phi) is 8.47. The quantitative estimate of drug-likeness (QED) is 0.283. The molecule has 2 saturated heterocycles. The number of hydrogen-bond acceptors (Lipinski definition) is 9. The van der Waals surface area contributed by atoms with Gasteiger partial charge in [0.25, 0.3) is 5.91 Å². The zero-order chi connectivity index (χ0) is 30.2. The van der Waals surface area contributed by atoms with Crippen molar-refractivity contribution in [3.05, 3.63) is 72.6 Å². The number of thiazole rings is 1. The Labute approximate surface area is 263 Å².